The van der Waals surface area contributed by atoms with Gasteiger partial charge in [-0.3, -0.25) is 0 Å². The molecule has 0 unspecified atom stereocenters. The first-order valence-corrected chi connectivity index (χ1v) is 9.72. The molecule has 0 bridgehead atoms. The number of hydrogen-bond acceptors (Lipinski definition) is 3. The first-order valence-electron chi connectivity index (χ1n) is 9.72. The van der Waals surface area contributed by atoms with Crippen molar-refractivity contribution >= 4 is 6.03 Å². The molecule has 1 heterocycles. The Bertz CT molecular complexity index is 560. The molecular weight excluding hydrogens is 331 g/mol. The molecule has 1 fully saturated rings. The van der Waals surface area contributed by atoms with Gasteiger partial charge < -0.3 is 20.0 Å². The number of benzene rings is 1. The average molecular weight is 365 g/mol. The maximum Gasteiger partial charge on any atom is 0.317 e. The van der Waals surface area contributed by atoms with Gasteiger partial charge in [-0.1, -0.05) is 25.1 Å². The summed E-state index contributed by atoms with van der Waals surface area (Å²) in [4.78, 5) is 18.8. The highest BCUT2D eigenvalue weighted by molar-refractivity contribution is 5.74. The van der Waals surface area contributed by atoms with Crippen molar-refractivity contribution < 1.29 is 9.18 Å². The molecule has 1 aliphatic heterocycles. The van der Waals surface area contributed by atoms with Crippen molar-refractivity contribution in [3.05, 3.63) is 35.6 Å². The largest absolute Gasteiger partial charge is 0.338 e. The molecule has 1 aromatic rings. The van der Waals surface area contributed by atoms with Gasteiger partial charge in [-0.2, -0.15) is 0 Å². The normalized spacial score (nSPS) is 17.1. The fourth-order valence-corrected chi connectivity index (χ4v) is 3.31. The molecule has 0 radical (unpaired) electrons. The summed E-state index contributed by atoms with van der Waals surface area (Å²) in [6.45, 7) is 11.5. The number of rotatable bonds is 8. The van der Waals surface area contributed by atoms with E-state index < -0.39 is 0 Å². The summed E-state index contributed by atoms with van der Waals surface area (Å²) in [5.41, 5.74) is 0.538. The number of carbonyl (C=O) groups excluding carboxylic acids is 1. The van der Waals surface area contributed by atoms with E-state index in [0.717, 1.165) is 52.1 Å². The van der Waals surface area contributed by atoms with Gasteiger partial charge in [0.15, 0.2) is 0 Å². The third-order valence-electron chi connectivity index (χ3n) is 5.35. The molecule has 146 valence electrons. The van der Waals surface area contributed by atoms with Gasteiger partial charge in [0.1, 0.15) is 5.82 Å². The molecule has 0 saturated carbocycles. The number of hydrogen-bond donors (Lipinski definition) is 1. The number of amides is 2. The van der Waals surface area contributed by atoms with Crippen LogP contribution in [0.15, 0.2) is 24.3 Å². The molecule has 2 rings (SSSR count). The molecule has 1 aliphatic rings. The Morgan fingerprint density at radius 1 is 1.19 bits per heavy atom. The fraction of sp³-hybridized carbons (Fsp3) is 0.650. The lowest BCUT2D eigenvalue weighted by Crippen LogP contribution is -2.46. The van der Waals surface area contributed by atoms with Gasteiger partial charge in [0.25, 0.3) is 0 Å². The van der Waals surface area contributed by atoms with E-state index in [-0.39, 0.29) is 17.9 Å². The molecule has 6 heteroatoms. The minimum atomic E-state index is -0.300. The van der Waals surface area contributed by atoms with Crippen molar-refractivity contribution in [1.29, 1.82) is 0 Å². The van der Waals surface area contributed by atoms with E-state index in [1.807, 2.05) is 6.92 Å². The maximum atomic E-state index is 13.9. The summed E-state index contributed by atoms with van der Waals surface area (Å²) in [7, 11) is 1.71. The lowest BCUT2D eigenvalue weighted by Gasteiger charge is -2.34. The number of nitrogens with zero attached hydrogens (tertiary/aromatic N) is 3. The van der Waals surface area contributed by atoms with Crippen LogP contribution in [-0.4, -0.2) is 73.6 Å². The second-order valence-electron chi connectivity index (χ2n) is 7.02. The Kier molecular flexibility index (Phi) is 8.32. The van der Waals surface area contributed by atoms with Crippen LogP contribution in [0.5, 0.6) is 0 Å². The first kappa shape index (κ1) is 20.6. The lowest BCUT2D eigenvalue weighted by molar-refractivity contribution is 0.135. The zero-order valence-corrected chi connectivity index (χ0v) is 16.4. The number of unbranched alkanes of at least 4 members (excludes halogenated alkanes) is 1. The van der Waals surface area contributed by atoms with Crippen LogP contribution in [0.3, 0.4) is 0 Å². The highest BCUT2D eigenvalue weighted by Crippen LogP contribution is 2.21. The fourth-order valence-electron chi connectivity index (χ4n) is 3.31. The second kappa shape index (κ2) is 10.5. The molecular formula is C20H33FN4O. The van der Waals surface area contributed by atoms with Crippen LogP contribution in [-0.2, 0) is 0 Å². The predicted octanol–water partition coefficient (Wildman–Crippen LogP) is 2.95. The molecule has 26 heavy (non-hydrogen) atoms. The van der Waals surface area contributed by atoms with Crippen LogP contribution < -0.4 is 5.32 Å². The van der Waals surface area contributed by atoms with Gasteiger partial charge >= 0.3 is 6.03 Å². The monoisotopic (exact) mass is 364 g/mol. The summed E-state index contributed by atoms with van der Waals surface area (Å²) in [5, 5.41) is 2.94. The van der Waals surface area contributed by atoms with E-state index in [2.05, 4.69) is 22.0 Å². The van der Waals surface area contributed by atoms with Gasteiger partial charge in [0.2, 0.25) is 0 Å². The van der Waals surface area contributed by atoms with Gasteiger partial charge in [-0.05, 0) is 38.9 Å². The summed E-state index contributed by atoms with van der Waals surface area (Å²) in [5.74, 6) is -0.275. The van der Waals surface area contributed by atoms with Crippen LogP contribution in [0.4, 0.5) is 9.18 Å². The van der Waals surface area contributed by atoms with Crippen LogP contribution >= 0.6 is 0 Å². The average Bonchev–Trinajstić information content (AvgIpc) is 2.67. The molecule has 5 nitrogen and oxygen atoms in total. The highest BCUT2D eigenvalue weighted by Gasteiger charge is 2.19. The number of halogens is 1. The molecule has 1 N–H and O–H groups in total. The van der Waals surface area contributed by atoms with Crippen LogP contribution in [0.25, 0.3) is 0 Å². The Morgan fingerprint density at radius 2 is 1.85 bits per heavy atom. The first-order chi connectivity index (χ1) is 12.5. The highest BCUT2D eigenvalue weighted by atomic mass is 19.1. The Labute approximate surface area is 157 Å². The number of carbonyl (C=O) groups is 1. The number of nitrogens with one attached hydrogen (secondary N) is 1. The van der Waals surface area contributed by atoms with Gasteiger partial charge in [-0.15, -0.1) is 0 Å². The zero-order chi connectivity index (χ0) is 18.9. The predicted molar refractivity (Wildman–Crippen MR) is 104 cm³/mol. The Balaban J connectivity index is 1.63. The van der Waals surface area contributed by atoms with Gasteiger partial charge in [0.05, 0.1) is 6.04 Å². The second-order valence-corrected chi connectivity index (χ2v) is 7.02. The standard InChI is InChI=1S/C20H33FN4O/c1-4-24-13-15-25(16-14-24)12-8-7-11-22-20(26)23(3)17(2)18-9-5-6-10-19(18)21/h5-6,9-10,17H,4,7-8,11-16H2,1-3H3,(H,22,26)/t17-/m0/s1. The topological polar surface area (TPSA) is 38.8 Å². The maximum absolute atomic E-state index is 13.9. The number of piperazine rings is 1. The van der Waals surface area contributed by atoms with Crippen LogP contribution in [0, 0.1) is 5.82 Å². The molecule has 1 aromatic carbocycles. The summed E-state index contributed by atoms with van der Waals surface area (Å²) in [6.07, 6.45) is 2.04. The Morgan fingerprint density at radius 3 is 2.50 bits per heavy atom. The van der Waals surface area contributed by atoms with E-state index in [4.69, 9.17) is 0 Å². The zero-order valence-electron chi connectivity index (χ0n) is 16.4. The van der Waals surface area contributed by atoms with E-state index >= 15 is 0 Å². The SMILES string of the molecule is CCN1CCN(CCCCNC(=O)N(C)[C@@H](C)c2ccccc2F)CC1. The molecule has 1 atom stereocenters. The quantitative estimate of drug-likeness (QED) is 0.721. The Hall–Kier alpha value is -1.66. The van der Waals surface area contributed by atoms with Crippen molar-refractivity contribution in [2.75, 3.05) is 52.9 Å². The van der Waals surface area contributed by atoms with E-state index in [9.17, 15) is 9.18 Å². The van der Waals surface area contributed by atoms with E-state index in [0.29, 0.717) is 12.1 Å². The third kappa shape index (κ3) is 5.95. The van der Waals surface area contributed by atoms with Gasteiger partial charge in [0, 0.05) is 45.3 Å². The minimum Gasteiger partial charge on any atom is -0.338 e. The van der Waals surface area contributed by atoms with Gasteiger partial charge in [-0.25, -0.2) is 9.18 Å². The minimum absolute atomic E-state index is 0.155. The number of likely N-dealkylation sites (N-methyl/N-ethyl adjacent to an activating group) is 1. The molecule has 0 aromatic heterocycles. The molecule has 0 spiro atoms. The van der Waals surface area contributed by atoms with Crippen molar-refractivity contribution in [2.24, 2.45) is 0 Å². The molecule has 0 aliphatic carbocycles. The van der Waals surface area contributed by atoms with E-state index in [1.165, 1.54) is 6.07 Å². The van der Waals surface area contributed by atoms with Crippen LogP contribution in [0.2, 0.25) is 0 Å². The van der Waals surface area contributed by atoms with E-state index in [1.54, 1.807) is 30.1 Å². The lowest BCUT2D eigenvalue weighted by atomic mass is 10.1. The molecule has 2 amide bonds. The van der Waals surface area contributed by atoms with Crippen LogP contribution in [0.1, 0.15) is 38.3 Å². The number of urea groups is 1. The van der Waals surface area contributed by atoms with Crippen molar-refractivity contribution in [3.8, 4) is 0 Å². The van der Waals surface area contributed by atoms with Crippen molar-refractivity contribution in [3.63, 3.8) is 0 Å². The smallest absolute Gasteiger partial charge is 0.317 e. The summed E-state index contributed by atoms with van der Waals surface area (Å²) < 4.78 is 13.9. The summed E-state index contributed by atoms with van der Waals surface area (Å²) in [6, 6.07) is 6.15. The van der Waals surface area contributed by atoms with Crippen molar-refractivity contribution in [1.82, 2.24) is 20.0 Å². The summed E-state index contributed by atoms with van der Waals surface area (Å²) >= 11 is 0. The molecule has 1 saturated heterocycles. The van der Waals surface area contributed by atoms with Crippen molar-refractivity contribution in [2.45, 2.75) is 32.7 Å². The third-order valence-corrected chi connectivity index (χ3v) is 5.35.